The van der Waals surface area contributed by atoms with Crippen LogP contribution in [0.1, 0.15) is 46.4 Å². The molecule has 2 saturated heterocycles. The normalized spacial score (nSPS) is 19.6. The molecule has 36 heavy (non-hydrogen) atoms. The lowest BCUT2D eigenvalue weighted by Gasteiger charge is -2.17. The number of hydrogen-bond donors (Lipinski definition) is 1. The van der Waals surface area contributed by atoms with Crippen molar-refractivity contribution in [1.29, 1.82) is 0 Å². The summed E-state index contributed by atoms with van der Waals surface area (Å²) in [5.74, 6) is -0.123. The minimum Gasteiger partial charge on any atom is -0.376 e. The number of ether oxygens (including phenoxy) is 2. The van der Waals surface area contributed by atoms with Crippen molar-refractivity contribution in [3.05, 3.63) is 70.0 Å². The van der Waals surface area contributed by atoms with Crippen LogP contribution in [0, 0.1) is 0 Å². The van der Waals surface area contributed by atoms with Gasteiger partial charge in [0.15, 0.2) is 10.9 Å². The largest absolute Gasteiger partial charge is 0.376 e. The van der Waals surface area contributed by atoms with E-state index in [0.717, 1.165) is 32.3 Å². The number of carbonyl (C=O) groups excluding carboxylic acids is 2. The number of Topliss-reactive ketones (excluding diaryl/α,β-unsaturated/α-hetero) is 1. The van der Waals surface area contributed by atoms with Crippen molar-refractivity contribution in [2.24, 2.45) is 0 Å². The molecule has 5 rings (SSSR count). The summed E-state index contributed by atoms with van der Waals surface area (Å²) in [4.78, 5) is 43.7. The van der Waals surface area contributed by atoms with E-state index in [-0.39, 0.29) is 35.2 Å². The van der Waals surface area contributed by atoms with Crippen LogP contribution in [0.15, 0.2) is 58.5 Å². The van der Waals surface area contributed by atoms with E-state index in [2.05, 4.69) is 5.32 Å². The van der Waals surface area contributed by atoms with Gasteiger partial charge in [-0.15, -0.1) is 0 Å². The highest BCUT2D eigenvalue weighted by molar-refractivity contribution is 7.99. The molecule has 9 heteroatoms. The number of nitrogens with zero attached hydrogens (tertiary/aromatic N) is 2. The molecule has 0 bridgehead atoms. The van der Waals surface area contributed by atoms with Crippen molar-refractivity contribution >= 4 is 34.4 Å². The van der Waals surface area contributed by atoms with Gasteiger partial charge < -0.3 is 14.8 Å². The number of rotatable bonds is 9. The number of fused-ring (bicyclic) bond motifs is 1. The van der Waals surface area contributed by atoms with Crippen LogP contribution in [0.25, 0.3) is 10.9 Å². The van der Waals surface area contributed by atoms with E-state index in [1.807, 2.05) is 18.2 Å². The molecular formula is C27H29N3O5S. The SMILES string of the molecule is O=C(CSc1nc2cc(C(=O)NCC3CCCO3)ccc2c(=O)n1CC1CCCO1)c1ccccc1. The summed E-state index contributed by atoms with van der Waals surface area (Å²) in [6.45, 7) is 2.24. The van der Waals surface area contributed by atoms with Gasteiger partial charge in [-0.3, -0.25) is 19.0 Å². The fourth-order valence-corrected chi connectivity index (χ4v) is 5.46. The molecule has 2 aliphatic rings. The monoisotopic (exact) mass is 507 g/mol. The molecule has 3 heterocycles. The Labute approximate surface area is 213 Å². The summed E-state index contributed by atoms with van der Waals surface area (Å²) in [5, 5.41) is 3.79. The predicted molar refractivity (Wildman–Crippen MR) is 138 cm³/mol. The Morgan fingerprint density at radius 1 is 1.00 bits per heavy atom. The average molecular weight is 508 g/mol. The number of benzene rings is 2. The summed E-state index contributed by atoms with van der Waals surface area (Å²) in [5.41, 5.74) is 1.28. The number of thioether (sulfide) groups is 1. The van der Waals surface area contributed by atoms with Crippen molar-refractivity contribution in [3.63, 3.8) is 0 Å². The first-order valence-electron chi connectivity index (χ1n) is 12.4. The molecule has 2 atom stereocenters. The highest BCUT2D eigenvalue weighted by Gasteiger charge is 2.22. The average Bonchev–Trinajstić information content (AvgIpc) is 3.62. The van der Waals surface area contributed by atoms with E-state index in [9.17, 15) is 14.4 Å². The Balaban J connectivity index is 1.41. The maximum Gasteiger partial charge on any atom is 0.262 e. The number of aromatic nitrogens is 2. The van der Waals surface area contributed by atoms with Crippen LogP contribution >= 0.6 is 11.8 Å². The molecule has 2 aromatic carbocycles. The Morgan fingerprint density at radius 3 is 2.47 bits per heavy atom. The van der Waals surface area contributed by atoms with Gasteiger partial charge in [-0.05, 0) is 43.9 Å². The molecule has 1 aromatic heterocycles. The molecule has 3 aromatic rings. The van der Waals surface area contributed by atoms with E-state index >= 15 is 0 Å². The van der Waals surface area contributed by atoms with E-state index in [0.29, 0.717) is 46.9 Å². The van der Waals surface area contributed by atoms with Gasteiger partial charge in [0.05, 0.1) is 35.4 Å². The predicted octanol–water partition coefficient (Wildman–Crippen LogP) is 3.46. The van der Waals surface area contributed by atoms with Gasteiger partial charge >= 0.3 is 0 Å². The van der Waals surface area contributed by atoms with Gasteiger partial charge in [-0.25, -0.2) is 4.98 Å². The number of amides is 1. The molecule has 8 nitrogen and oxygen atoms in total. The fourth-order valence-electron chi connectivity index (χ4n) is 4.56. The molecular weight excluding hydrogens is 478 g/mol. The Bertz CT molecular complexity index is 1300. The molecule has 188 valence electrons. The summed E-state index contributed by atoms with van der Waals surface area (Å²) in [6.07, 6.45) is 3.76. The van der Waals surface area contributed by atoms with Gasteiger partial charge in [0.2, 0.25) is 0 Å². The fraction of sp³-hybridized carbons (Fsp3) is 0.407. The molecule has 2 fully saturated rings. The van der Waals surface area contributed by atoms with Gasteiger partial charge in [0.25, 0.3) is 11.5 Å². The van der Waals surface area contributed by atoms with Crippen molar-refractivity contribution < 1.29 is 19.1 Å². The van der Waals surface area contributed by atoms with Gasteiger partial charge in [0, 0.05) is 30.9 Å². The van der Waals surface area contributed by atoms with Crippen molar-refractivity contribution in [2.75, 3.05) is 25.5 Å². The zero-order valence-corrected chi connectivity index (χ0v) is 20.8. The Kier molecular flexibility index (Phi) is 7.79. The zero-order chi connectivity index (χ0) is 24.9. The standard InChI is InChI=1S/C27H29N3O5S/c31-24(18-6-2-1-3-7-18)17-36-27-29-23-14-19(25(32)28-15-20-8-4-12-34-20)10-11-22(23)26(33)30(27)16-21-9-5-13-35-21/h1-3,6-7,10-11,14,20-21H,4-5,8-9,12-13,15-17H2,(H,28,32). The topological polar surface area (TPSA) is 99.5 Å². The lowest BCUT2D eigenvalue weighted by molar-refractivity contribution is 0.0857. The van der Waals surface area contributed by atoms with Crippen LogP contribution in [-0.4, -0.2) is 59.0 Å². The number of nitrogens with one attached hydrogen (secondary N) is 1. The molecule has 1 amide bonds. The number of ketones is 1. The highest BCUT2D eigenvalue weighted by atomic mass is 32.2. The maximum absolute atomic E-state index is 13.5. The first-order valence-corrected chi connectivity index (χ1v) is 13.3. The smallest absolute Gasteiger partial charge is 0.262 e. The highest BCUT2D eigenvalue weighted by Crippen LogP contribution is 2.23. The second-order valence-corrected chi connectivity index (χ2v) is 10.0. The Morgan fingerprint density at radius 2 is 1.75 bits per heavy atom. The van der Waals surface area contributed by atoms with E-state index in [1.54, 1.807) is 34.9 Å². The lowest BCUT2D eigenvalue weighted by Crippen LogP contribution is -2.32. The van der Waals surface area contributed by atoms with E-state index in [4.69, 9.17) is 14.5 Å². The molecule has 0 spiro atoms. The van der Waals surface area contributed by atoms with Crippen molar-refractivity contribution in [1.82, 2.24) is 14.9 Å². The number of carbonyl (C=O) groups is 2. The maximum atomic E-state index is 13.5. The lowest BCUT2D eigenvalue weighted by atomic mass is 10.1. The van der Waals surface area contributed by atoms with Crippen LogP contribution < -0.4 is 10.9 Å². The second kappa shape index (κ2) is 11.4. The van der Waals surface area contributed by atoms with Crippen LogP contribution in [-0.2, 0) is 16.0 Å². The van der Waals surface area contributed by atoms with E-state index in [1.165, 1.54) is 11.8 Å². The van der Waals surface area contributed by atoms with Crippen LogP contribution in [0.3, 0.4) is 0 Å². The summed E-state index contributed by atoms with van der Waals surface area (Å²) < 4.78 is 13.0. The second-order valence-electron chi connectivity index (χ2n) is 9.10. The minimum absolute atomic E-state index is 0.0409. The first-order chi connectivity index (χ1) is 17.6. The van der Waals surface area contributed by atoms with Crippen LogP contribution in [0.4, 0.5) is 0 Å². The molecule has 2 unspecified atom stereocenters. The third-order valence-corrected chi connectivity index (χ3v) is 7.51. The van der Waals surface area contributed by atoms with E-state index < -0.39 is 0 Å². The summed E-state index contributed by atoms with van der Waals surface area (Å²) in [7, 11) is 0. The summed E-state index contributed by atoms with van der Waals surface area (Å²) in [6, 6.07) is 14.0. The van der Waals surface area contributed by atoms with Crippen molar-refractivity contribution in [3.8, 4) is 0 Å². The Hall–Kier alpha value is -3.01. The van der Waals surface area contributed by atoms with Crippen LogP contribution in [0.5, 0.6) is 0 Å². The van der Waals surface area contributed by atoms with Crippen molar-refractivity contribution in [2.45, 2.75) is 49.6 Å². The first kappa shape index (κ1) is 24.7. The number of hydrogen-bond acceptors (Lipinski definition) is 7. The van der Waals surface area contributed by atoms with Gasteiger partial charge in [-0.1, -0.05) is 42.1 Å². The van der Waals surface area contributed by atoms with Gasteiger partial charge in [-0.2, -0.15) is 0 Å². The minimum atomic E-state index is -0.230. The molecule has 0 aliphatic carbocycles. The van der Waals surface area contributed by atoms with Gasteiger partial charge in [0.1, 0.15) is 0 Å². The summed E-state index contributed by atoms with van der Waals surface area (Å²) >= 11 is 1.23. The third-order valence-electron chi connectivity index (χ3n) is 6.54. The van der Waals surface area contributed by atoms with Crippen LogP contribution in [0.2, 0.25) is 0 Å². The third kappa shape index (κ3) is 5.69. The molecule has 0 radical (unpaired) electrons. The zero-order valence-electron chi connectivity index (χ0n) is 20.0. The quantitative estimate of drug-likeness (QED) is 0.269. The molecule has 1 N–H and O–H groups in total. The molecule has 0 saturated carbocycles. The molecule has 2 aliphatic heterocycles.